The van der Waals surface area contributed by atoms with Crippen LogP contribution >= 0.6 is 0 Å². The molecule has 0 saturated carbocycles. The number of benzene rings is 1. The highest BCUT2D eigenvalue weighted by Gasteiger charge is 2.03. The van der Waals surface area contributed by atoms with Gasteiger partial charge in [-0.1, -0.05) is 0 Å². The van der Waals surface area contributed by atoms with E-state index in [4.69, 9.17) is 0 Å². The average Bonchev–Trinajstić information content (AvgIpc) is 2.66. The van der Waals surface area contributed by atoms with Crippen LogP contribution in [0.5, 0.6) is 0 Å². The molecule has 16 heavy (non-hydrogen) atoms. The number of aryl methyl sites for hydroxylation is 1. The highest BCUT2D eigenvalue weighted by atomic mass is 19.2. The van der Waals surface area contributed by atoms with Crippen molar-refractivity contribution in [3.8, 4) is 0 Å². The third-order valence-electron chi connectivity index (χ3n) is 2.18. The summed E-state index contributed by atoms with van der Waals surface area (Å²) in [6, 6.07) is 3.65. The number of nitrogens with one attached hydrogen (secondary N) is 1. The number of halogens is 2. The van der Waals surface area contributed by atoms with Gasteiger partial charge in [-0.15, -0.1) is 0 Å². The zero-order chi connectivity index (χ0) is 11.5. The summed E-state index contributed by atoms with van der Waals surface area (Å²) in [5.41, 5.74) is 0.502. The summed E-state index contributed by atoms with van der Waals surface area (Å²) in [6.45, 7) is 0.404. The lowest BCUT2D eigenvalue weighted by molar-refractivity contribution is 0.509. The lowest BCUT2D eigenvalue weighted by atomic mass is 10.3. The molecule has 4 nitrogen and oxygen atoms in total. The van der Waals surface area contributed by atoms with E-state index in [0.717, 1.165) is 12.1 Å². The maximum absolute atomic E-state index is 12.9. The van der Waals surface area contributed by atoms with Gasteiger partial charge in [-0.25, -0.2) is 13.8 Å². The molecule has 0 bridgehead atoms. The van der Waals surface area contributed by atoms with E-state index in [9.17, 15) is 8.78 Å². The summed E-state index contributed by atoms with van der Waals surface area (Å²) in [6.07, 6.45) is 1.43. The molecule has 0 aliphatic heterocycles. The minimum Gasteiger partial charge on any atom is -0.378 e. The van der Waals surface area contributed by atoms with Gasteiger partial charge in [-0.2, -0.15) is 5.10 Å². The van der Waals surface area contributed by atoms with Crippen LogP contribution in [0.3, 0.4) is 0 Å². The number of rotatable bonds is 3. The normalized spacial score (nSPS) is 10.4. The quantitative estimate of drug-likeness (QED) is 0.863. The third kappa shape index (κ3) is 2.16. The molecule has 0 saturated heterocycles. The molecule has 1 heterocycles. The van der Waals surface area contributed by atoms with Crippen molar-refractivity contribution in [3.63, 3.8) is 0 Å². The Morgan fingerprint density at radius 2 is 2.12 bits per heavy atom. The third-order valence-corrected chi connectivity index (χ3v) is 2.18. The second-order valence-electron chi connectivity index (χ2n) is 3.28. The van der Waals surface area contributed by atoms with E-state index in [1.807, 2.05) is 0 Å². The fourth-order valence-corrected chi connectivity index (χ4v) is 1.27. The zero-order valence-corrected chi connectivity index (χ0v) is 8.61. The van der Waals surface area contributed by atoms with Crippen molar-refractivity contribution < 1.29 is 8.78 Å². The summed E-state index contributed by atoms with van der Waals surface area (Å²) in [5.74, 6) is -1.02. The summed E-state index contributed by atoms with van der Waals surface area (Å²) < 4.78 is 27.1. The molecule has 84 valence electrons. The Morgan fingerprint density at radius 3 is 2.75 bits per heavy atom. The van der Waals surface area contributed by atoms with Gasteiger partial charge in [0.25, 0.3) is 0 Å². The van der Waals surface area contributed by atoms with Gasteiger partial charge in [-0.05, 0) is 12.1 Å². The Bertz CT molecular complexity index is 495. The Labute approximate surface area is 90.9 Å². The molecule has 2 rings (SSSR count). The van der Waals surface area contributed by atoms with E-state index in [0.29, 0.717) is 18.1 Å². The first-order valence-corrected chi connectivity index (χ1v) is 4.68. The Balaban J connectivity index is 2.05. The monoisotopic (exact) mass is 224 g/mol. The van der Waals surface area contributed by atoms with E-state index in [1.54, 1.807) is 11.7 Å². The van der Waals surface area contributed by atoms with Crippen LogP contribution < -0.4 is 5.32 Å². The number of aromatic nitrogens is 3. The van der Waals surface area contributed by atoms with Crippen molar-refractivity contribution in [2.45, 2.75) is 6.54 Å². The molecule has 6 heteroatoms. The molecule has 0 fully saturated rings. The Morgan fingerprint density at radius 1 is 1.31 bits per heavy atom. The molecule has 2 aromatic rings. The van der Waals surface area contributed by atoms with Gasteiger partial charge in [0.05, 0.1) is 6.54 Å². The molecule has 1 aromatic heterocycles. The predicted molar refractivity (Wildman–Crippen MR) is 54.7 cm³/mol. The van der Waals surface area contributed by atoms with E-state index < -0.39 is 11.6 Å². The van der Waals surface area contributed by atoms with Crippen LogP contribution in [0, 0.1) is 11.6 Å². The number of nitrogens with zero attached hydrogens (tertiary/aromatic N) is 3. The van der Waals surface area contributed by atoms with Crippen molar-refractivity contribution in [2.75, 3.05) is 5.32 Å². The van der Waals surface area contributed by atoms with Crippen LogP contribution in [0.1, 0.15) is 5.82 Å². The zero-order valence-electron chi connectivity index (χ0n) is 8.61. The van der Waals surface area contributed by atoms with E-state index in [2.05, 4.69) is 15.4 Å². The molecule has 0 spiro atoms. The van der Waals surface area contributed by atoms with Crippen LogP contribution in [-0.4, -0.2) is 14.8 Å². The molecule has 1 N–H and O–H groups in total. The van der Waals surface area contributed by atoms with Crippen LogP contribution in [-0.2, 0) is 13.6 Å². The van der Waals surface area contributed by atoms with Crippen molar-refractivity contribution in [1.29, 1.82) is 0 Å². The van der Waals surface area contributed by atoms with E-state index in [-0.39, 0.29) is 0 Å². The minimum atomic E-state index is -0.872. The summed E-state index contributed by atoms with van der Waals surface area (Å²) in [4.78, 5) is 3.99. The summed E-state index contributed by atoms with van der Waals surface area (Å²) >= 11 is 0. The van der Waals surface area contributed by atoms with Gasteiger partial charge in [0.1, 0.15) is 12.2 Å². The van der Waals surface area contributed by atoms with Crippen molar-refractivity contribution in [2.24, 2.45) is 7.05 Å². The SMILES string of the molecule is Cn1ncnc1CNc1ccc(F)c(F)c1. The fraction of sp³-hybridized carbons (Fsp3) is 0.200. The molecule has 0 aliphatic rings. The highest BCUT2D eigenvalue weighted by molar-refractivity contribution is 5.43. The molecular formula is C10H10F2N4. The molecule has 0 aliphatic carbocycles. The first kappa shape index (κ1) is 10.5. The highest BCUT2D eigenvalue weighted by Crippen LogP contribution is 2.13. The first-order valence-electron chi connectivity index (χ1n) is 4.68. The summed E-state index contributed by atoms with van der Waals surface area (Å²) in [7, 11) is 1.76. The lowest BCUT2D eigenvalue weighted by Gasteiger charge is -2.05. The number of hydrogen-bond donors (Lipinski definition) is 1. The van der Waals surface area contributed by atoms with Gasteiger partial charge in [-0.3, -0.25) is 4.68 Å². The summed E-state index contributed by atoms with van der Waals surface area (Å²) in [5, 5.41) is 6.82. The van der Waals surface area contributed by atoms with Gasteiger partial charge in [0.2, 0.25) is 0 Å². The molecule has 0 atom stereocenters. The maximum Gasteiger partial charge on any atom is 0.160 e. The number of hydrogen-bond acceptors (Lipinski definition) is 3. The van der Waals surface area contributed by atoms with Gasteiger partial charge >= 0.3 is 0 Å². The van der Waals surface area contributed by atoms with Gasteiger partial charge in [0.15, 0.2) is 11.6 Å². The Hall–Kier alpha value is -1.98. The van der Waals surface area contributed by atoms with E-state index >= 15 is 0 Å². The van der Waals surface area contributed by atoms with Crippen molar-refractivity contribution in [1.82, 2.24) is 14.8 Å². The molecule has 0 unspecified atom stereocenters. The topological polar surface area (TPSA) is 42.7 Å². The van der Waals surface area contributed by atoms with Crippen LogP contribution in [0.2, 0.25) is 0 Å². The smallest absolute Gasteiger partial charge is 0.160 e. The largest absolute Gasteiger partial charge is 0.378 e. The molecule has 1 aromatic carbocycles. The molecule has 0 radical (unpaired) electrons. The standard InChI is InChI=1S/C10H10F2N4/c1-16-10(14-6-15-16)5-13-7-2-3-8(11)9(12)4-7/h2-4,6,13H,5H2,1H3. The predicted octanol–water partition coefficient (Wildman–Crippen LogP) is 1.71. The van der Waals surface area contributed by atoms with Crippen LogP contribution in [0.15, 0.2) is 24.5 Å². The molecule has 0 amide bonds. The fourth-order valence-electron chi connectivity index (χ4n) is 1.27. The van der Waals surface area contributed by atoms with Crippen LogP contribution in [0.4, 0.5) is 14.5 Å². The number of anilines is 1. The second-order valence-corrected chi connectivity index (χ2v) is 3.28. The van der Waals surface area contributed by atoms with Gasteiger partial charge < -0.3 is 5.32 Å². The lowest BCUT2D eigenvalue weighted by Crippen LogP contribution is -2.07. The first-order chi connectivity index (χ1) is 7.66. The van der Waals surface area contributed by atoms with E-state index in [1.165, 1.54) is 12.4 Å². The van der Waals surface area contributed by atoms with Crippen molar-refractivity contribution >= 4 is 5.69 Å². The minimum absolute atomic E-state index is 0.404. The van der Waals surface area contributed by atoms with Gasteiger partial charge in [0, 0.05) is 18.8 Å². The second kappa shape index (κ2) is 4.26. The maximum atomic E-state index is 12.9. The van der Waals surface area contributed by atoms with Crippen LogP contribution in [0.25, 0.3) is 0 Å². The van der Waals surface area contributed by atoms with Crippen molar-refractivity contribution in [3.05, 3.63) is 42.0 Å². The Kier molecular flexibility index (Phi) is 2.80. The molecular weight excluding hydrogens is 214 g/mol. The average molecular weight is 224 g/mol.